The molecule has 1 saturated carbocycles. The Balaban J connectivity index is 1.81. The van der Waals surface area contributed by atoms with E-state index in [-0.39, 0.29) is 0 Å². The zero-order chi connectivity index (χ0) is 11.6. The Morgan fingerprint density at radius 3 is 2.44 bits per heavy atom. The number of hydrogen-bond acceptors (Lipinski definition) is 1. The Hall–Kier alpha value is -0.0400. The first kappa shape index (κ1) is 14.0. The molecule has 1 aliphatic rings. The lowest BCUT2D eigenvalue weighted by Gasteiger charge is -2.15. The first-order valence-corrected chi connectivity index (χ1v) is 7.55. The molecule has 0 bridgehead atoms. The van der Waals surface area contributed by atoms with E-state index in [0.29, 0.717) is 0 Å². The molecule has 1 rings (SSSR count). The van der Waals surface area contributed by atoms with Gasteiger partial charge < -0.3 is 5.32 Å². The summed E-state index contributed by atoms with van der Waals surface area (Å²) in [5.74, 6) is 1.94. The van der Waals surface area contributed by atoms with Crippen LogP contribution in [0.5, 0.6) is 0 Å². The summed E-state index contributed by atoms with van der Waals surface area (Å²) in [7, 11) is 0. The van der Waals surface area contributed by atoms with Gasteiger partial charge in [0.2, 0.25) is 0 Å². The van der Waals surface area contributed by atoms with Crippen LogP contribution in [-0.2, 0) is 0 Å². The average molecular weight is 225 g/mol. The van der Waals surface area contributed by atoms with Crippen molar-refractivity contribution >= 4 is 0 Å². The Morgan fingerprint density at radius 1 is 1.00 bits per heavy atom. The van der Waals surface area contributed by atoms with Crippen LogP contribution in [0.4, 0.5) is 0 Å². The highest BCUT2D eigenvalue weighted by Gasteiger charge is 2.22. The van der Waals surface area contributed by atoms with Crippen LogP contribution in [0.1, 0.15) is 71.6 Å². The first-order chi connectivity index (χ1) is 7.84. The maximum absolute atomic E-state index is 3.65. The Bertz CT molecular complexity index is 156. The van der Waals surface area contributed by atoms with Crippen LogP contribution in [0.3, 0.4) is 0 Å². The molecule has 2 unspecified atom stereocenters. The fourth-order valence-electron chi connectivity index (χ4n) is 2.84. The molecule has 2 atom stereocenters. The second kappa shape index (κ2) is 9.04. The van der Waals surface area contributed by atoms with Gasteiger partial charge in [-0.2, -0.15) is 0 Å². The van der Waals surface area contributed by atoms with E-state index in [1.807, 2.05) is 0 Å². The second-order valence-corrected chi connectivity index (χ2v) is 5.64. The van der Waals surface area contributed by atoms with Gasteiger partial charge in [0.1, 0.15) is 0 Å². The molecule has 0 amide bonds. The molecule has 0 aliphatic heterocycles. The number of nitrogens with one attached hydrogen (secondary N) is 1. The summed E-state index contributed by atoms with van der Waals surface area (Å²) >= 11 is 0. The molecule has 0 aromatic rings. The van der Waals surface area contributed by atoms with Crippen LogP contribution in [-0.4, -0.2) is 13.1 Å². The van der Waals surface area contributed by atoms with Gasteiger partial charge in [-0.1, -0.05) is 58.8 Å². The molecule has 1 aliphatic carbocycles. The van der Waals surface area contributed by atoms with Gasteiger partial charge in [-0.05, 0) is 37.8 Å². The van der Waals surface area contributed by atoms with E-state index in [2.05, 4.69) is 19.2 Å². The summed E-state index contributed by atoms with van der Waals surface area (Å²) in [6.07, 6.45) is 12.9. The fraction of sp³-hybridized carbons (Fsp3) is 1.00. The number of rotatable bonds is 9. The highest BCUT2D eigenvalue weighted by molar-refractivity contribution is 4.75. The normalized spacial score (nSPS) is 25.1. The molecule has 16 heavy (non-hydrogen) atoms. The zero-order valence-corrected chi connectivity index (χ0v) is 11.4. The van der Waals surface area contributed by atoms with E-state index < -0.39 is 0 Å². The van der Waals surface area contributed by atoms with Gasteiger partial charge in [0.25, 0.3) is 0 Å². The third kappa shape index (κ3) is 5.89. The molecule has 0 radical (unpaired) electrons. The Kier molecular flexibility index (Phi) is 7.92. The molecule has 0 aromatic carbocycles. The van der Waals surface area contributed by atoms with Crippen molar-refractivity contribution in [3.63, 3.8) is 0 Å². The van der Waals surface area contributed by atoms with Crippen molar-refractivity contribution in [2.24, 2.45) is 11.8 Å². The zero-order valence-electron chi connectivity index (χ0n) is 11.4. The maximum atomic E-state index is 3.65. The van der Waals surface area contributed by atoms with Crippen LogP contribution in [0.15, 0.2) is 0 Å². The summed E-state index contributed by atoms with van der Waals surface area (Å²) in [5, 5.41) is 3.65. The van der Waals surface area contributed by atoms with Crippen molar-refractivity contribution in [3.8, 4) is 0 Å². The number of hydrogen-bond donors (Lipinski definition) is 1. The first-order valence-electron chi connectivity index (χ1n) is 7.55. The highest BCUT2D eigenvalue weighted by atomic mass is 14.9. The maximum Gasteiger partial charge on any atom is -0.00180 e. The van der Waals surface area contributed by atoms with E-state index in [1.54, 1.807) is 0 Å². The highest BCUT2D eigenvalue weighted by Crippen LogP contribution is 2.30. The topological polar surface area (TPSA) is 12.0 Å². The smallest absolute Gasteiger partial charge is 0.00180 e. The van der Waals surface area contributed by atoms with Crippen molar-refractivity contribution in [1.82, 2.24) is 5.32 Å². The second-order valence-electron chi connectivity index (χ2n) is 5.64. The molecule has 0 saturated heterocycles. The van der Waals surface area contributed by atoms with Crippen molar-refractivity contribution in [2.75, 3.05) is 13.1 Å². The predicted molar refractivity (Wildman–Crippen MR) is 72.8 cm³/mol. The Morgan fingerprint density at radius 2 is 1.75 bits per heavy atom. The lowest BCUT2D eigenvalue weighted by atomic mass is 9.98. The molecular weight excluding hydrogens is 194 g/mol. The summed E-state index contributed by atoms with van der Waals surface area (Å²) < 4.78 is 0. The van der Waals surface area contributed by atoms with Gasteiger partial charge >= 0.3 is 0 Å². The van der Waals surface area contributed by atoms with E-state index >= 15 is 0 Å². The SMILES string of the molecule is CCCCCCCCNCC1CCCC1C. The molecule has 1 heteroatoms. The molecule has 0 aromatic heterocycles. The molecule has 96 valence electrons. The van der Waals surface area contributed by atoms with Crippen molar-refractivity contribution in [1.29, 1.82) is 0 Å². The van der Waals surface area contributed by atoms with Crippen molar-refractivity contribution < 1.29 is 0 Å². The summed E-state index contributed by atoms with van der Waals surface area (Å²) in [4.78, 5) is 0. The van der Waals surface area contributed by atoms with Gasteiger partial charge in [-0.25, -0.2) is 0 Å². The third-order valence-electron chi connectivity index (χ3n) is 4.15. The van der Waals surface area contributed by atoms with E-state index in [0.717, 1.165) is 11.8 Å². The molecule has 1 fully saturated rings. The quantitative estimate of drug-likeness (QED) is 0.574. The summed E-state index contributed by atoms with van der Waals surface area (Å²) in [5.41, 5.74) is 0. The Labute approximate surface area is 102 Å². The summed E-state index contributed by atoms with van der Waals surface area (Å²) in [6, 6.07) is 0. The number of unbranched alkanes of at least 4 members (excludes halogenated alkanes) is 5. The minimum atomic E-state index is 0.969. The average Bonchev–Trinajstić information content (AvgIpc) is 2.68. The largest absolute Gasteiger partial charge is 0.316 e. The minimum absolute atomic E-state index is 0.969. The molecule has 0 spiro atoms. The van der Waals surface area contributed by atoms with Gasteiger partial charge in [-0.3, -0.25) is 0 Å². The summed E-state index contributed by atoms with van der Waals surface area (Å²) in [6.45, 7) is 7.22. The van der Waals surface area contributed by atoms with Gasteiger partial charge in [0.15, 0.2) is 0 Å². The molecular formula is C15H31N. The van der Waals surface area contributed by atoms with Crippen LogP contribution in [0.2, 0.25) is 0 Å². The molecule has 0 heterocycles. The van der Waals surface area contributed by atoms with Gasteiger partial charge in [0.05, 0.1) is 0 Å². The minimum Gasteiger partial charge on any atom is -0.316 e. The standard InChI is InChI=1S/C15H31N/c1-3-4-5-6-7-8-12-16-13-15-11-9-10-14(15)2/h14-16H,3-13H2,1-2H3. The third-order valence-corrected chi connectivity index (χ3v) is 4.15. The van der Waals surface area contributed by atoms with Gasteiger partial charge in [0, 0.05) is 0 Å². The van der Waals surface area contributed by atoms with Crippen LogP contribution >= 0.6 is 0 Å². The monoisotopic (exact) mass is 225 g/mol. The van der Waals surface area contributed by atoms with Crippen LogP contribution in [0.25, 0.3) is 0 Å². The van der Waals surface area contributed by atoms with E-state index in [9.17, 15) is 0 Å². The molecule has 1 N–H and O–H groups in total. The fourth-order valence-corrected chi connectivity index (χ4v) is 2.84. The van der Waals surface area contributed by atoms with Gasteiger partial charge in [-0.15, -0.1) is 0 Å². The lowest BCUT2D eigenvalue weighted by Crippen LogP contribution is -2.25. The van der Waals surface area contributed by atoms with Crippen molar-refractivity contribution in [2.45, 2.75) is 71.6 Å². The van der Waals surface area contributed by atoms with Crippen LogP contribution in [0, 0.1) is 11.8 Å². The van der Waals surface area contributed by atoms with E-state index in [1.165, 1.54) is 70.9 Å². The lowest BCUT2D eigenvalue weighted by molar-refractivity contribution is 0.390. The van der Waals surface area contributed by atoms with E-state index in [4.69, 9.17) is 0 Å². The predicted octanol–water partition coefficient (Wildman–Crippen LogP) is 4.37. The van der Waals surface area contributed by atoms with Crippen molar-refractivity contribution in [3.05, 3.63) is 0 Å². The van der Waals surface area contributed by atoms with Crippen LogP contribution < -0.4 is 5.32 Å². The molecule has 1 nitrogen and oxygen atoms in total.